The minimum atomic E-state index is -3.66. The number of anilines is 1. The summed E-state index contributed by atoms with van der Waals surface area (Å²) >= 11 is 0. The number of nitrogens with zero attached hydrogens (tertiary/aromatic N) is 2. The first-order valence-electron chi connectivity index (χ1n) is 11.7. The molecular formula is C24H29N3O6S. The molecule has 3 aliphatic rings. The molecule has 3 aliphatic heterocycles. The molecule has 0 radical (unpaired) electrons. The maximum Gasteiger partial charge on any atom is 0.253 e. The molecule has 5 rings (SSSR count). The summed E-state index contributed by atoms with van der Waals surface area (Å²) in [5.41, 5.74) is 1.92. The van der Waals surface area contributed by atoms with Gasteiger partial charge >= 0.3 is 0 Å². The van der Waals surface area contributed by atoms with Crippen LogP contribution in [0.15, 0.2) is 41.3 Å². The molecule has 2 fully saturated rings. The number of sulfonamides is 1. The number of fused-ring (bicyclic) bond motifs is 1. The van der Waals surface area contributed by atoms with Crippen LogP contribution in [0.4, 0.5) is 5.69 Å². The molecule has 2 aromatic carbocycles. The lowest BCUT2D eigenvalue weighted by molar-refractivity contribution is 0.0949. The first kappa shape index (κ1) is 22.9. The monoisotopic (exact) mass is 487 g/mol. The Hall–Kier alpha value is -2.82. The van der Waals surface area contributed by atoms with Crippen LogP contribution in [0.1, 0.15) is 35.2 Å². The van der Waals surface area contributed by atoms with E-state index in [0.29, 0.717) is 62.1 Å². The lowest BCUT2D eigenvalue weighted by atomic mass is 10.1. The summed E-state index contributed by atoms with van der Waals surface area (Å²) in [5, 5.41) is 2.94. The number of morpholine rings is 1. The van der Waals surface area contributed by atoms with Crippen LogP contribution >= 0.6 is 0 Å². The first-order valence-corrected chi connectivity index (χ1v) is 13.1. The van der Waals surface area contributed by atoms with Gasteiger partial charge < -0.3 is 24.4 Å². The van der Waals surface area contributed by atoms with E-state index in [1.165, 1.54) is 10.4 Å². The first-order chi connectivity index (χ1) is 16.5. The van der Waals surface area contributed by atoms with Crippen molar-refractivity contribution in [2.75, 3.05) is 51.1 Å². The highest BCUT2D eigenvalue weighted by Gasteiger charge is 2.28. The lowest BCUT2D eigenvalue weighted by Gasteiger charge is -2.31. The third-order valence-electron chi connectivity index (χ3n) is 6.41. The zero-order valence-corrected chi connectivity index (χ0v) is 19.8. The Morgan fingerprint density at radius 3 is 2.47 bits per heavy atom. The molecule has 0 aliphatic carbocycles. The van der Waals surface area contributed by atoms with E-state index in [0.717, 1.165) is 24.8 Å². The topological polar surface area (TPSA) is 97.4 Å². The molecule has 34 heavy (non-hydrogen) atoms. The zero-order valence-electron chi connectivity index (χ0n) is 19.0. The number of hydrogen-bond acceptors (Lipinski definition) is 7. The third-order valence-corrected chi connectivity index (χ3v) is 8.30. The van der Waals surface area contributed by atoms with Crippen LogP contribution in [0, 0.1) is 0 Å². The number of carbonyl (C=O) groups excluding carboxylic acids is 1. The van der Waals surface area contributed by atoms with Crippen LogP contribution in [0.25, 0.3) is 0 Å². The minimum Gasteiger partial charge on any atom is -0.454 e. The molecule has 0 unspecified atom stereocenters. The van der Waals surface area contributed by atoms with Crippen molar-refractivity contribution in [2.24, 2.45) is 0 Å². The summed E-state index contributed by atoms with van der Waals surface area (Å²) in [6, 6.07) is 10.4. The molecule has 9 nitrogen and oxygen atoms in total. The standard InChI is InChI=1S/C24H29N3O6S/c28-24(25-16-18-4-7-22-23(14-18)33-17-32-22)20-15-19(34(29,30)27-8-2-1-3-9-27)5-6-21(20)26-10-12-31-13-11-26/h4-7,14-15H,1-3,8-13,16-17H2,(H,25,28). The fourth-order valence-electron chi connectivity index (χ4n) is 4.52. The average Bonchev–Trinajstić information content (AvgIpc) is 3.36. The minimum absolute atomic E-state index is 0.152. The Morgan fingerprint density at radius 1 is 0.912 bits per heavy atom. The Morgan fingerprint density at radius 2 is 1.68 bits per heavy atom. The SMILES string of the molecule is O=C(NCc1ccc2c(c1)OCO2)c1cc(S(=O)(=O)N2CCCCC2)ccc1N1CCOCC1. The van der Waals surface area contributed by atoms with Gasteiger partial charge in [-0.2, -0.15) is 4.31 Å². The molecule has 182 valence electrons. The number of carbonyl (C=O) groups is 1. The quantitative estimate of drug-likeness (QED) is 0.668. The number of nitrogens with one attached hydrogen (secondary N) is 1. The second kappa shape index (κ2) is 9.81. The van der Waals surface area contributed by atoms with E-state index in [1.807, 2.05) is 18.2 Å². The average molecular weight is 488 g/mol. The normalized spacial score (nSPS) is 18.6. The van der Waals surface area contributed by atoms with Crippen molar-refractivity contribution in [1.29, 1.82) is 0 Å². The van der Waals surface area contributed by atoms with E-state index in [2.05, 4.69) is 10.2 Å². The van der Waals surface area contributed by atoms with Gasteiger partial charge in [0.15, 0.2) is 11.5 Å². The molecule has 2 saturated heterocycles. The summed E-state index contributed by atoms with van der Waals surface area (Å²) in [6.07, 6.45) is 2.75. The van der Waals surface area contributed by atoms with Gasteiger partial charge in [-0.15, -0.1) is 0 Å². The van der Waals surface area contributed by atoms with Gasteiger partial charge in [-0.25, -0.2) is 8.42 Å². The highest BCUT2D eigenvalue weighted by molar-refractivity contribution is 7.89. The van der Waals surface area contributed by atoms with E-state index >= 15 is 0 Å². The predicted molar refractivity (Wildman–Crippen MR) is 126 cm³/mol. The van der Waals surface area contributed by atoms with Crippen molar-refractivity contribution in [3.8, 4) is 11.5 Å². The summed E-state index contributed by atoms with van der Waals surface area (Å²) in [7, 11) is -3.66. The van der Waals surface area contributed by atoms with Gasteiger partial charge in [-0.1, -0.05) is 12.5 Å². The zero-order chi connectivity index (χ0) is 23.5. The number of hydrogen-bond donors (Lipinski definition) is 1. The van der Waals surface area contributed by atoms with E-state index in [1.54, 1.807) is 12.1 Å². The van der Waals surface area contributed by atoms with Crippen molar-refractivity contribution < 1.29 is 27.4 Å². The van der Waals surface area contributed by atoms with Gasteiger partial charge in [-0.3, -0.25) is 4.79 Å². The number of ether oxygens (including phenoxy) is 3. The van der Waals surface area contributed by atoms with Gasteiger partial charge in [-0.05, 0) is 48.7 Å². The van der Waals surface area contributed by atoms with Crippen molar-refractivity contribution in [3.05, 3.63) is 47.5 Å². The van der Waals surface area contributed by atoms with Crippen LogP contribution in [-0.4, -0.2) is 64.8 Å². The maximum absolute atomic E-state index is 13.3. The Labute approximate surface area is 199 Å². The second-order valence-corrected chi connectivity index (χ2v) is 10.6. The van der Waals surface area contributed by atoms with Crippen molar-refractivity contribution in [3.63, 3.8) is 0 Å². The smallest absolute Gasteiger partial charge is 0.253 e. The summed E-state index contributed by atoms with van der Waals surface area (Å²) in [5.74, 6) is 1.01. The highest BCUT2D eigenvalue weighted by Crippen LogP contribution is 2.33. The molecule has 0 bridgehead atoms. The Bertz CT molecular complexity index is 1160. The molecular weight excluding hydrogens is 458 g/mol. The summed E-state index contributed by atoms with van der Waals surface area (Å²) < 4.78 is 44.3. The molecule has 0 atom stereocenters. The van der Waals surface area contributed by atoms with Gasteiger partial charge in [0.2, 0.25) is 16.8 Å². The molecule has 2 aromatic rings. The predicted octanol–water partition coefficient (Wildman–Crippen LogP) is 2.36. The fraction of sp³-hybridized carbons (Fsp3) is 0.458. The van der Waals surface area contributed by atoms with Crippen LogP contribution < -0.4 is 19.7 Å². The molecule has 0 spiro atoms. The summed E-state index contributed by atoms with van der Waals surface area (Å²) in [4.78, 5) is 15.6. The third kappa shape index (κ3) is 4.70. The van der Waals surface area contributed by atoms with E-state index in [9.17, 15) is 13.2 Å². The van der Waals surface area contributed by atoms with Crippen LogP contribution in [0.2, 0.25) is 0 Å². The lowest BCUT2D eigenvalue weighted by Crippen LogP contribution is -2.38. The van der Waals surface area contributed by atoms with Crippen molar-refractivity contribution >= 4 is 21.6 Å². The van der Waals surface area contributed by atoms with Gasteiger partial charge in [0.05, 0.1) is 23.7 Å². The molecule has 10 heteroatoms. The maximum atomic E-state index is 13.3. The Balaban J connectivity index is 1.41. The van der Waals surface area contributed by atoms with E-state index in [4.69, 9.17) is 14.2 Å². The second-order valence-electron chi connectivity index (χ2n) is 8.61. The largest absolute Gasteiger partial charge is 0.454 e. The van der Waals surface area contributed by atoms with E-state index < -0.39 is 10.0 Å². The molecule has 3 heterocycles. The fourth-order valence-corrected chi connectivity index (χ4v) is 6.06. The molecule has 1 N–H and O–H groups in total. The number of amides is 1. The van der Waals surface area contributed by atoms with Crippen LogP contribution in [0.3, 0.4) is 0 Å². The summed E-state index contributed by atoms with van der Waals surface area (Å²) in [6.45, 7) is 3.89. The van der Waals surface area contributed by atoms with Crippen molar-refractivity contribution in [2.45, 2.75) is 30.7 Å². The highest BCUT2D eigenvalue weighted by atomic mass is 32.2. The van der Waals surface area contributed by atoms with Gasteiger partial charge in [0.1, 0.15) is 0 Å². The van der Waals surface area contributed by atoms with Crippen LogP contribution in [-0.2, 0) is 21.3 Å². The number of rotatable bonds is 6. The van der Waals surface area contributed by atoms with E-state index in [-0.39, 0.29) is 24.1 Å². The van der Waals surface area contributed by atoms with Gasteiger partial charge in [0.25, 0.3) is 5.91 Å². The van der Waals surface area contributed by atoms with Gasteiger partial charge in [0, 0.05) is 38.4 Å². The molecule has 1 amide bonds. The molecule has 0 aromatic heterocycles. The van der Waals surface area contributed by atoms with Crippen molar-refractivity contribution in [1.82, 2.24) is 9.62 Å². The Kier molecular flexibility index (Phi) is 6.62. The number of benzene rings is 2. The molecule has 0 saturated carbocycles. The number of piperidine rings is 1. The van der Waals surface area contributed by atoms with Crippen LogP contribution in [0.5, 0.6) is 11.5 Å².